The topological polar surface area (TPSA) is 84.9 Å². The van der Waals surface area contributed by atoms with Gasteiger partial charge in [-0.05, 0) is 44.2 Å². The second-order valence-corrected chi connectivity index (χ2v) is 9.74. The van der Waals surface area contributed by atoms with E-state index in [-0.39, 0.29) is 29.1 Å². The maximum absolute atomic E-state index is 13.0. The number of nitrogens with one attached hydrogen (secondary N) is 1. The number of nitrogens with zero attached hydrogens (tertiary/aromatic N) is 1. The Morgan fingerprint density at radius 1 is 1.03 bits per heavy atom. The lowest BCUT2D eigenvalue weighted by Crippen LogP contribution is -2.48. The summed E-state index contributed by atoms with van der Waals surface area (Å²) in [6.07, 6.45) is 0.370. The van der Waals surface area contributed by atoms with Gasteiger partial charge in [-0.15, -0.1) is 0 Å². The number of ether oxygens (including phenoxy) is 2. The van der Waals surface area contributed by atoms with Crippen molar-refractivity contribution in [2.45, 2.75) is 43.4 Å². The molecule has 0 aromatic heterocycles. The average molecular weight is 431 g/mol. The molecule has 1 saturated heterocycles. The molecule has 30 heavy (non-hydrogen) atoms. The third-order valence-electron chi connectivity index (χ3n) is 5.40. The van der Waals surface area contributed by atoms with Crippen molar-refractivity contribution < 1.29 is 22.7 Å². The first-order valence-corrected chi connectivity index (χ1v) is 11.6. The fraction of sp³-hybridized carbons (Fsp3) is 0.409. The summed E-state index contributed by atoms with van der Waals surface area (Å²) >= 11 is 0. The van der Waals surface area contributed by atoms with Gasteiger partial charge in [0.05, 0.1) is 29.8 Å². The largest absolute Gasteiger partial charge is 0.493 e. The summed E-state index contributed by atoms with van der Waals surface area (Å²) in [6, 6.07) is 13.6. The van der Waals surface area contributed by atoms with Gasteiger partial charge < -0.3 is 14.8 Å². The molecule has 2 aromatic rings. The molecule has 1 amide bonds. The van der Waals surface area contributed by atoms with Crippen LogP contribution in [0.5, 0.6) is 5.75 Å². The van der Waals surface area contributed by atoms with Gasteiger partial charge in [0.15, 0.2) is 0 Å². The van der Waals surface area contributed by atoms with Crippen LogP contribution in [-0.4, -0.2) is 50.5 Å². The number of sulfonamides is 1. The highest BCUT2D eigenvalue weighted by molar-refractivity contribution is 7.89. The van der Waals surface area contributed by atoms with Crippen molar-refractivity contribution in [3.63, 3.8) is 0 Å². The average Bonchev–Trinajstić information content (AvgIpc) is 2.73. The fourth-order valence-electron chi connectivity index (χ4n) is 3.99. The summed E-state index contributed by atoms with van der Waals surface area (Å²) in [5.74, 6) is 0.540. The minimum Gasteiger partial charge on any atom is -0.493 e. The van der Waals surface area contributed by atoms with Crippen LogP contribution in [0.15, 0.2) is 53.4 Å². The van der Waals surface area contributed by atoms with E-state index in [9.17, 15) is 13.2 Å². The summed E-state index contributed by atoms with van der Waals surface area (Å²) in [4.78, 5) is 12.9. The van der Waals surface area contributed by atoms with Gasteiger partial charge in [-0.25, -0.2) is 8.42 Å². The summed E-state index contributed by atoms with van der Waals surface area (Å²) < 4.78 is 38.6. The molecular formula is C22H26N2O5S. The number of para-hydroxylation sites is 1. The Labute approximate surface area is 177 Å². The molecule has 0 bridgehead atoms. The quantitative estimate of drug-likeness (QED) is 0.806. The lowest BCUT2D eigenvalue weighted by Gasteiger charge is -2.34. The molecule has 0 spiro atoms. The number of carbonyl (C=O) groups excluding carboxylic acids is 1. The van der Waals surface area contributed by atoms with E-state index in [2.05, 4.69) is 5.32 Å². The Balaban J connectivity index is 1.48. The van der Waals surface area contributed by atoms with E-state index in [0.717, 1.165) is 11.3 Å². The van der Waals surface area contributed by atoms with E-state index < -0.39 is 10.0 Å². The molecule has 2 aliphatic rings. The highest BCUT2D eigenvalue weighted by Gasteiger charge is 2.32. The van der Waals surface area contributed by atoms with E-state index in [0.29, 0.717) is 31.7 Å². The van der Waals surface area contributed by atoms with Gasteiger partial charge in [-0.2, -0.15) is 4.31 Å². The number of amides is 1. The van der Waals surface area contributed by atoms with Gasteiger partial charge in [-0.1, -0.05) is 18.2 Å². The molecule has 4 rings (SSSR count). The fourth-order valence-corrected chi connectivity index (χ4v) is 5.58. The molecule has 0 radical (unpaired) electrons. The van der Waals surface area contributed by atoms with E-state index >= 15 is 0 Å². The van der Waals surface area contributed by atoms with Gasteiger partial charge >= 0.3 is 0 Å². The lowest BCUT2D eigenvalue weighted by molar-refractivity contribution is -0.0440. The first-order valence-electron chi connectivity index (χ1n) is 10.1. The summed E-state index contributed by atoms with van der Waals surface area (Å²) in [7, 11) is -3.63. The van der Waals surface area contributed by atoms with Gasteiger partial charge in [0.25, 0.3) is 5.91 Å². The predicted molar refractivity (Wildman–Crippen MR) is 112 cm³/mol. The number of hydrogen-bond acceptors (Lipinski definition) is 5. The highest BCUT2D eigenvalue weighted by atomic mass is 32.2. The summed E-state index contributed by atoms with van der Waals surface area (Å²) in [6.45, 7) is 4.89. The van der Waals surface area contributed by atoms with Crippen LogP contribution in [-0.2, 0) is 14.8 Å². The molecule has 1 fully saturated rings. The highest BCUT2D eigenvalue weighted by Crippen LogP contribution is 2.31. The Morgan fingerprint density at radius 3 is 2.40 bits per heavy atom. The molecule has 0 saturated carbocycles. The first-order chi connectivity index (χ1) is 14.3. The van der Waals surface area contributed by atoms with Crippen LogP contribution in [0.25, 0.3) is 0 Å². The van der Waals surface area contributed by atoms with Crippen molar-refractivity contribution in [3.05, 3.63) is 59.7 Å². The van der Waals surface area contributed by atoms with E-state index in [4.69, 9.17) is 9.47 Å². The van der Waals surface area contributed by atoms with Crippen LogP contribution in [0.4, 0.5) is 0 Å². The second kappa shape index (κ2) is 8.37. The Kier molecular flexibility index (Phi) is 5.81. The third kappa shape index (κ3) is 4.21. The van der Waals surface area contributed by atoms with Crippen molar-refractivity contribution in [2.75, 3.05) is 19.7 Å². The first kappa shape index (κ1) is 20.8. The number of carbonyl (C=O) groups is 1. The maximum atomic E-state index is 13.0. The minimum absolute atomic E-state index is 0.137. The number of hydrogen-bond donors (Lipinski definition) is 1. The van der Waals surface area contributed by atoms with Crippen molar-refractivity contribution in [2.24, 2.45) is 0 Å². The van der Waals surface area contributed by atoms with Gasteiger partial charge in [-0.3, -0.25) is 4.79 Å². The lowest BCUT2D eigenvalue weighted by atomic mass is 10.00. The molecule has 0 aliphatic carbocycles. The van der Waals surface area contributed by atoms with Gasteiger partial charge in [0.2, 0.25) is 10.0 Å². The van der Waals surface area contributed by atoms with Crippen LogP contribution in [0.1, 0.15) is 42.2 Å². The second-order valence-electron chi connectivity index (χ2n) is 7.80. The van der Waals surface area contributed by atoms with Crippen LogP contribution >= 0.6 is 0 Å². The molecule has 160 valence electrons. The molecule has 0 unspecified atom stereocenters. The minimum atomic E-state index is -3.63. The van der Waals surface area contributed by atoms with Crippen LogP contribution < -0.4 is 10.1 Å². The van der Waals surface area contributed by atoms with Crippen molar-refractivity contribution in [1.29, 1.82) is 0 Å². The molecule has 3 atom stereocenters. The van der Waals surface area contributed by atoms with E-state index in [1.807, 2.05) is 38.1 Å². The molecule has 8 heteroatoms. The van der Waals surface area contributed by atoms with E-state index in [1.165, 1.54) is 16.4 Å². The number of fused-ring (bicyclic) bond motifs is 1. The standard InChI is InChI=1S/C22H26N2O5S/c1-15-13-24(14-16(2)29-15)30(26,27)18-9-7-17(8-10-18)22(25)23-20-11-12-28-21-6-4-3-5-19(20)21/h3-10,15-16,20H,11-14H2,1-2H3,(H,23,25)/t15-,16+,20-/m0/s1. The number of rotatable bonds is 4. The number of benzene rings is 2. The predicted octanol–water partition coefficient (Wildman–Crippen LogP) is 2.74. The summed E-state index contributed by atoms with van der Waals surface area (Å²) in [5.41, 5.74) is 1.37. The molecule has 2 heterocycles. The van der Waals surface area contributed by atoms with Crippen molar-refractivity contribution in [3.8, 4) is 5.75 Å². The van der Waals surface area contributed by atoms with E-state index in [1.54, 1.807) is 12.1 Å². The molecule has 1 N–H and O–H groups in total. The van der Waals surface area contributed by atoms with Gasteiger partial charge in [0, 0.05) is 30.6 Å². The number of morpholine rings is 1. The monoisotopic (exact) mass is 430 g/mol. The molecular weight excluding hydrogens is 404 g/mol. The molecule has 2 aliphatic heterocycles. The zero-order valence-electron chi connectivity index (χ0n) is 17.1. The van der Waals surface area contributed by atoms with Crippen molar-refractivity contribution in [1.82, 2.24) is 9.62 Å². The Hall–Kier alpha value is -2.42. The normalized spacial score (nSPS) is 24.5. The Bertz CT molecular complexity index is 1010. The third-order valence-corrected chi connectivity index (χ3v) is 7.25. The van der Waals surface area contributed by atoms with Crippen LogP contribution in [0.3, 0.4) is 0 Å². The van der Waals surface area contributed by atoms with Crippen LogP contribution in [0.2, 0.25) is 0 Å². The Morgan fingerprint density at radius 2 is 1.70 bits per heavy atom. The maximum Gasteiger partial charge on any atom is 0.251 e. The van der Waals surface area contributed by atoms with Crippen molar-refractivity contribution >= 4 is 15.9 Å². The SMILES string of the molecule is C[C@@H]1CN(S(=O)(=O)c2ccc(C(=O)N[C@H]3CCOc4ccccc43)cc2)C[C@H](C)O1. The molecule has 7 nitrogen and oxygen atoms in total. The summed E-state index contributed by atoms with van der Waals surface area (Å²) in [5, 5.41) is 3.03. The van der Waals surface area contributed by atoms with Crippen LogP contribution in [0, 0.1) is 0 Å². The smallest absolute Gasteiger partial charge is 0.251 e. The molecule has 2 aromatic carbocycles. The zero-order valence-corrected chi connectivity index (χ0v) is 17.9. The zero-order chi connectivity index (χ0) is 21.3. The van der Waals surface area contributed by atoms with Gasteiger partial charge in [0.1, 0.15) is 5.75 Å².